The number of carbonyl (C=O) groups excluding carboxylic acids is 1. The predicted octanol–water partition coefficient (Wildman–Crippen LogP) is 7.30. The third-order valence-corrected chi connectivity index (χ3v) is 8.74. The molecular weight excluding hydrogens is 635 g/mol. The Morgan fingerprint density at radius 2 is 1.83 bits per heavy atom. The van der Waals surface area contributed by atoms with Crippen LogP contribution in [0.1, 0.15) is 36.5 Å². The zero-order valence-electron chi connectivity index (χ0n) is 26.0. The molecule has 2 heterocycles. The molecule has 0 bridgehead atoms. The summed E-state index contributed by atoms with van der Waals surface area (Å²) >= 11 is 6.37. The number of alkyl halides is 3. The standard InChI is InChI=1S/C35H35ClF3N3O5/c1-4-46-33(43)18-23-9-12-31(32(17-23)45-3)47-26-13-15-41(16-14-26)22-34(44,35(37,38)39)28-21-42(20-24-7-5-6-8-29(24)36)30-19-25(40-2)10-11-27(28)30/h5-12,17,19,21,26,44H,4,13-16,18,20,22H2,1,3H3. The van der Waals surface area contributed by atoms with Crippen LogP contribution in [0.3, 0.4) is 0 Å². The van der Waals surface area contributed by atoms with Crippen LogP contribution in [0.5, 0.6) is 11.5 Å². The molecule has 0 amide bonds. The minimum atomic E-state index is -5.00. The molecule has 1 fully saturated rings. The fourth-order valence-corrected chi connectivity index (χ4v) is 6.13. The average molecular weight is 670 g/mol. The molecular formula is C35H35ClF3N3O5. The SMILES string of the molecule is [C-]#[N+]c1ccc2c(C(O)(CN3CCC(Oc4ccc(CC(=O)OCC)cc4OC)CC3)C(F)(F)F)cn(Cc3ccccc3Cl)c2c1. The van der Waals surface area contributed by atoms with Gasteiger partial charge >= 0.3 is 12.1 Å². The smallest absolute Gasteiger partial charge is 0.422 e. The molecule has 4 aromatic rings. The average Bonchev–Trinajstić information content (AvgIpc) is 3.41. The lowest BCUT2D eigenvalue weighted by Crippen LogP contribution is -2.53. The van der Waals surface area contributed by atoms with Crippen molar-refractivity contribution in [2.45, 2.75) is 50.6 Å². The highest BCUT2D eigenvalue weighted by atomic mass is 35.5. The molecule has 1 saturated heterocycles. The number of fused-ring (bicyclic) bond motifs is 1. The summed E-state index contributed by atoms with van der Waals surface area (Å²) in [6.07, 6.45) is -3.04. The van der Waals surface area contributed by atoms with E-state index in [4.69, 9.17) is 32.4 Å². The van der Waals surface area contributed by atoms with Crippen molar-refractivity contribution in [1.82, 2.24) is 9.47 Å². The first kappa shape index (κ1) is 34.1. The highest BCUT2D eigenvalue weighted by Gasteiger charge is 2.57. The van der Waals surface area contributed by atoms with Crippen molar-refractivity contribution in [2.24, 2.45) is 0 Å². The van der Waals surface area contributed by atoms with E-state index < -0.39 is 18.3 Å². The Morgan fingerprint density at radius 1 is 1.09 bits per heavy atom. The number of hydrogen-bond acceptors (Lipinski definition) is 6. The van der Waals surface area contributed by atoms with E-state index in [0.29, 0.717) is 46.0 Å². The van der Waals surface area contributed by atoms with Gasteiger partial charge in [-0.2, -0.15) is 13.2 Å². The summed E-state index contributed by atoms with van der Waals surface area (Å²) in [5, 5.41) is 12.2. The molecule has 1 aromatic heterocycles. The molecule has 12 heteroatoms. The Hall–Kier alpha value is -4.24. The molecule has 0 aliphatic carbocycles. The molecule has 8 nitrogen and oxygen atoms in total. The number of rotatable bonds is 11. The van der Waals surface area contributed by atoms with Gasteiger partial charge in [0, 0.05) is 53.9 Å². The number of ether oxygens (including phenoxy) is 3. The van der Waals surface area contributed by atoms with Gasteiger partial charge in [0.15, 0.2) is 17.2 Å². The molecule has 47 heavy (non-hydrogen) atoms. The Bertz CT molecular complexity index is 1780. The van der Waals surface area contributed by atoms with Crippen LogP contribution in [0.4, 0.5) is 18.9 Å². The molecule has 0 radical (unpaired) electrons. The summed E-state index contributed by atoms with van der Waals surface area (Å²) in [5.41, 5.74) is -1.42. The molecule has 1 aliphatic heterocycles. The Balaban J connectivity index is 1.35. The van der Waals surface area contributed by atoms with Crippen molar-refractivity contribution < 1.29 is 37.3 Å². The fraction of sp³-hybridized carbons (Fsp3) is 0.371. The summed E-state index contributed by atoms with van der Waals surface area (Å²) in [7, 11) is 1.49. The maximum absolute atomic E-state index is 14.9. The first-order valence-corrected chi connectivity index (χ1v) is 15.6. The van der Waals surface area contributed by atoms with E-state index in [2.05, 4.69) is 4.85 Å². The normalized spacial score (nSPS) is 15.6. The molecule has 1 atom stereocenters. The van der Waals surface area contributed by atoms with E-state index >= 15 is 0 Å². The third kappa shape index (κ3) is 7.51. The van der Waals surface area contributed by atoms with E-state index in [9.17, 15) is 23.1 Å². The zero-order chi connectivity index (χ0) is 33.8. The summed E-state index contributed by atoms with van der Waals surface area (Å²) in [4.78, 5) is 16.9. The van der Waals surface area contributed by atoms with E-state index in [0.717, 1.165) is 0 Å². The van der Waals surface area contributed by atoms with Gasteiger partial charge in [-0.05, 0) is 55.2 Å². The van der Waals surface area contributed by atoms with Gasteiger partial charge in [-0.1, -0.05) is 48.0 Å². The van der Waals surface area contributed by atoms with Gasteiger partial charge in [-0.3, -0.25) is 9.69 Å². The molecule has 248 valence electrons. The van der Waals surface area contributed by atoms with E-state index in [1.54, 1.807) is 58.9 Å². The number of carbonyl (C=O) groups is 1. The number of aromatic nitrogens is 1. The summed E-state index contributed by atoms with van der Waals surface area (Å²) < 4.78 is 62.9. The van der Waals surface area contributed by atoms with Crippen molar-refractivity contribution in [1.29, 1.82) is 0 Å². The second-order valence-corrected chi connectivity index (χ2v) is 11.9. The maximum Gasteiger partial charge on any atom is 0.422 e. The first-order valence-electron chi connectivity index (χ1n) is 15.2. The van der Waals surface area contributed by atoms with Crippen molar-refractivity contribution in [3.63, 3.8) is 0 Å². The van der Waals surface area contributed by atoms with Gasteiger partial charge in [-0.15, -0.1) is 0 Å². The summed E-state index contributed by atoms with van der Waals surface area (Å²) in [6, 6.07) is 16.6. The van der Waals surface area contributed by atoms with E-state index in [1.807, 2.05) is 0 Å². The molecule has 1 N–H and O–H groups in total. The number of likely N-dealkylation sites (tertiary alicyclic amines) is 1. The van der Waals surface area contributed by atoms with Gasteiger partial charge in [-0.25, -0.2) is 4.85 Å². The van der Waals surface area contributed by atoms with Crippen LogP contribution in [0, 0.1) is 6.57 Å². The minimum Gasteiger partial charge on any atom is -0.493 e. The van der Waals surface area contributed by atoms with Gasteiger partial charge in [0.2, 0.25) is 5.60 Å². The molecule has 0 spiro atoms. The number of halogens is 4. The number of esters is 1. The van der Waals surface area contributed by atoms with Crippen LogP contribution >= 0.6 is 11.6 Å². The summed E-state index contributed by atoms with van der Waals surface area (Å²) in [6.45, 7) is 9.44. The highest BCUT2D eigenvalue weighted by Crippen LogP contribution is 2.44. The number of hydrogen-bond donors (Lipinski definition) is 1. The zero-order valence-corrected chi connectivity index (χ0v) is 26.8. The molecule has 3 aromatic carbocycles. The first-order chi connectivity index (χ1) is 22.4. The lowest BCUT2D eigenvalue weighted by Gasteiger charge is -2.39. The lowest BCUT2D eigenvalue weighted by atomic mass is 9.91. The van der Waals surface area contributed by atoms with Gasteiger partial charge in [0.1, 0.15) is 6.10 Å². The quantitative estimate of drug-likeness (QED) is 0.133. The molecule has 5 rings (SSSR count). The van der Waals surface area contributed by atoms with Crippen molar-refractivity contribution in [2.75, 3.05) is 33.4 Å². The Kier molecular flexibility index (Phi) is 10.3. The van der Waals surface area contributed by atoms with Crippen LogP contribution < -0.4 is 9.47 Å². The maximum atomic E-state index is 14.9. The Labute approximate surface area is 276 Å². The van der Waals surface area contributed by atoms with Crippen LogP contribution in [-0.2, 0) is 28.1 Å². The van der Waals surface area contributed by atoms with E-state index in [1.165, 1.54) is 31.5 Å². The fourth-order valence-electron chi connectivity index (χ4n) is 5.93. The van der Waals surface area contributed by atoms with Crippen LogP contribution in [-0.4, -0.2) is 66.2 Å². The number of benzene rings is 3. The minimum absolute atomic E-state index is 0.0877. The monoisotopic (exact) mass is 669 g/mol. The van der Waals surface area contributed by atoms with Crippen molar-refractivity contribution in [3.8, 4) is 11.5 Å². The third-order valence-electron chi connectivity index (χ3n) is 8.37. The number of aliphatic hydroxyl groups is 1. The number of methoxy groups -OCH3 is 1. The van der Waals surface area contributed by atoms with Gasteiger partial charge in [0.25, 0.3) is 0 Å². The van der Waals surface area contributed by atoms with E-state index in [-0.39, 0.29) is 61.4 Å². The van der Waals surface area contributed by atoms with Gasteiger partial charge in [0.05, 0.1) is 26.7 Å². The largest absolute Gasteiger partial charge is 0.493 e. The second-order valence-electron chi connectivity index (χ2n) is 11.5. The Morgan fingerprint density at radius 3 is 2.49 bits per heavy atom. The number of nitrogens with zero attached hydrogens (tertiary/aromatic N) is 3. The number of piperidine rings is 1. The second kappa shape index (κ2) is 14.3. The van der Waals surface area contributed by atoms with Crippen molar-refractivity contribution >= 4 is 34.2 Å². The molecule has 1 unspecified atom stereocenters. The van der Waals surface area contributed by atoms with Crippen LogP contribution in [0.2, 0.25) is 5.02 Å². The topological polar surface area (TPSA) is 77.5 Å². The highest BCUT2D eigenvalue weighted by molar-refractivity contribution is 6.31. The van der Waals surface area contributed by atoms with Crippen molar-refractivity contribution in [3.05, 3.63) is 100.0 Å². The van der Waals surface area contributed by atoms with Crippen LogP contribution in [0.25, 0.3) is 15.7 Å². The molecule has 0 saturated carbocycles. The lowest BCUT2D eigenvalue weighted by molar-refractivity contribution is -0.272. The molecule has 1 aliphatic rings. The van der Waals surface area contributed by atoms with Gasteiger partial charge < -0.3 is 23.9 Å². The predicted molar refractivity (Wildman–Crippen MR) is 172 cm³/mol. The summed E-state index contributed by atoms with van der Waals surface area (Å²) in [5.74, 6) is 0.554. The number of β-amino-alcohol motifs (C(OH)–C–C–N with tert-alkyl or cyclic N) is 1. The van der Waals surface area contributed by atoms with Crippen LogP contribution in [0.15, 0.2) is 66.9 Å².